The van der Waals surface area contributed by atoms with Crippen LogP contribution in [0.1, 0.15) is 13.8 Å². The van der Waals surface area contributed by atoms with E-state index in [1.165, 1.54) is 6.26 Å². The fourth-order valence-corrected chi connectivity index (χ4v) is 0.496. The summed E-state index contributed by atoms with van der Waals surface area (Å²) in [5.74, 6) is -1.30. The van der Waals surface area contributed by atoms with E-state index in [4.69, 9.17) is 4.74 Å². The Hall–Kier alpha value is -0.393. The molecular formula is C6H7LiO3. The van der Waals surface area contributed by atoms with E-state index < -0.39 is 11.8 Å². The van der Waals surface area contributed by atoms with Crippen LogP contribution < -0.4 is 18.9 Å². The van der Waals surface area contributed by atoms with Gasteiger partial charge in [-0.15, -0.1) is 0 Å². The quantitative estimate of drug-likeness (QED) is 0.211. The summed E-state index contributed by atoms with van der Waals surface area (Å²) in [4.78, 5) is 10.4. The van der Waals surface area contributed by atoms with Gasteiger partial charge in [0, 0.05) is 13.8 Å². The third kappa shape index (κ3) is 2.47. The molecule has 50 valence electrons. The van der Waals surface area contributed by atoms with Crippen LogP contribution in [-0.4, -0.2) is 11.8 Å². The largest absolute Gasteiger partial charge is 1.00 e. The van der Waals surface area contributed by atoms with Crippen molar-refractivity contribution in [3.63, 3.8) is 0 Å². The van der Waals surface area contributed by atoms with Gasteiger partial charge in [0.2, 0.25) is 5.79 Å². The minimum absolute atomic E-state index is 0. The van der Waals surface area contributed by atoms with Crippen LogP contribution in [0, 0.1) is 6.08 Å². The van der Waals surface area contributed by atoms with Crippen LogP contribution in [0.15, 0.2) is 6.26 Å². The van der Waals surface area contributed by atoms with Crippen molar-refractivity contribution in [1.29, 1.82) is 0 Å². The van der Waals surface area contributed by atoms with Gasteiger partial charge >= 0.3 is 18.9 Å². The smallest absolute Gasteiger partial charge is 0.497 e. The van der Waals surface area contributed by atoms with Gasteiger partial charge in [0.05, 0.1) is 0 Å². The van der Waals surface area contributed by atoms with E-state index in [1.807, 2.05) is 0 Å². The Balaban J connectivity index is 0.000000810. The van der Waals surface area contributed by atoms with Crippen molar-refractivity contribution < 1.29 is 33.1 Å². The zero-order valence-electron chi connectivity index (χ0n) is 6.30. The summed E-state index contributed by atoms with van der Waals surface area (Å²) in [6, 6.07) is 0. The number of carbonyl (C=O) groups excluding carboxylic acids is 1. The molecule has 0 aromatic heterocycles. The van der Waals surface area contributed by atoms with Crippen molar-refractivity contribution in [2.45, 2.75) is 19.6 Å². The molecule has 0 amide bonds. The van der Waals surface area contributed by atoms with E-state index >= 15 is 0 Å². The summed E-state index contributed by atoms with van der Waals surface area (Å²) in [6.07, 6.45) is 3.44. The second-order valence-electron chi connectivity index (χ2n) is 2.17. The first-order valence-electron chi connectivity index (χ1n) is 2.59. The third-order valence-electron chi connectivity index (χ3n) is 0.858. The van der Waals surface area contributed by atoms with Crippen LogP contribution in [0.3, 0.4) is 0 Å². The van der Waals surface area contributed by atoms with Crippen molar-refractivity contribution in [2.75, 3.05) is 0 Å². The van der Waals surface area contributed by atoms with Gasteiger partial charge in [-0.25, -0.2) is 0 Å². The molecule has 0 saturated heterocycles. The molecule has 3 nitrogen and oxygen atoms in total. The van der Waals surface area contributed by atoms with Gasteiger partial charge in [0.15, 0.2) is 5.97 Å². The summed E-state index contributed by atoms with van der Waals surface area (Å²) in [5.41, 5.74) is 0. The molecule has 0 aliphatic carbocycles. The molecule has 1 rings (SSSR count). The molecule has 4 heteroatoms. The Bertz CT molecular complexity index is 162. The van der Waals surface area contributed by atoms with Gasteiger partial charge < -0.3 is 15.5 Å². The maximum Gasteiger partial charge on any atom is 1.00 e. The van der Waals surface area contributed by atoms with E-state index in [9.17, 15) is 4.79 Å². The molecule has 0 N–H and O–H groups in total. The predicted octanol–water partition coefficient (Wildman–Crippen LogP) is -2.38. The standard InChI is InChI=1S/C6H7O3.Li/c1-6(2)8-4-3-5(7)9-6;/h4H,1-2H3;/q-1;+1. The van der Waals surface area contributed by atoms with E-state index in [-0.39, 0.29) is 18.9 Å². The van der Waals surface area contributed by atoms with Gasteiger partial charge in [-0.1, -0.05) is 6.26 Å². The third-order valence-corrected chi connectivity index (χ3v) is 0.858. The maximum absolute atomic E-state index is 10.4. The molecule has 0 radical (unpaired) electrons. The van der Waals surface area contributed by atoms with Gasteiger partial charge in [0.25, 0.3) is 0 Å². The first-order valence-corrected chi connectivity index (χ1v) is 2.59. The molecule has 1 aliphatic rings. The molecule has 0 aromatic rings. The summed E-state index contributed by atoms with van der Waals surface area (Å²) >= 11 is 0. The fourth-order valence-electron chi connectivity index (χ4n) is 0.496. The van der Waals surface area contributed by atoms with Crippen LogP contribution >= 0.6 is 0 Å². The van der Waals surface area contributed by atoms with Crippen molar-refractivity contribution in [3.8, 4) is 0 Å². The molecular weight excluding hydrogens is 127 g/mol. The summed E-state index contributed by atoms with van der Waals surface area (Å²) in [6.45, 7) is 3.31. The molecule has 0 atom stereocenters. The van der Waals surface area contributed by atoms with Gasteiger partial charge in [-0.3, -0.25) is 4.79 Å². The first kappa shape index (κ1) is 9.61. The first-order chi connectivity index (χ1) is 4.10. The zero-order chi connectivity index (χ0) is 6.91. The van der Waals surface area contributed by atoms with E-state index in [2.05, 4.69) is 10.8 Å². The van der Waals surface area contributed by atoms with Gasteiger partial charge in [0.1, 0.15) is 0 Å². The average molecular weight is 134 g/mol. The number of carbonyl (C=O) groups is 1. The number of hydrogen-bond donors (Lipinski definition) is 0. The Labute approximate surface area is 71.6 Å². The van der Waals surface area contributed by atoms with Gasteiger partial charge in [-0.2, -0.15) is 0 Å². The average Bonchev–Trinajstić information content (AvgIpc) is 1.60. The number of rotatable bonds is 0. The Morgan fingerprint density at radius 1 is 1.60 bits per heavy atom. The minimum atomic E-state index is -0.817. The Kier molecular flexibility index (Phi) is 3.01. The van der Waals surface area contributed by atoms with Crippen LogP contribution in [0.25, 0.3) is 0 Å². The van der Waals surface area contributed by atoms with Crippen molar-refractivity contribution in [2.24, 2.45) is 0 Å². The number of hydrogen-bond acceptors (Lipinski definition) is 3. The Morgan fingerprint density at radius 3 is 2.50 bits per heavy atom. The second kappa shape index (κ2) is 3.13. The van der Waals surface area contributed by atoms with Crippen LogP contribution in [0.5, 0.6) is 0 Å². The minimum Gasteiger partial charge on any atom is -0.497 e. The monoisotopic (exact) mass is 134 g/mol. The van der Waals surface area contributed by atoms with Crippen molar-refractivity contribution in [1.82, 2.24) is 0 Å². The van der Waals surface area contributed by atoms with Crippen molar-refractivity contribution in [3.05, 3.63) is 12.3 Å². The van der Waals surface area contributed by atoms with Crippen LogP contribution in [0.4, 0.5) is 0 Å². The summed E-state index contributed by atoms with van der Waals surface area (Å²) in [7, 11) is 0. The normalized spacial score (nSPS) is 20.4. The van der Waals surface area contributed by atoms with E-state index in [1.54, 1.807) is 13.8 Å². The molecule has 10 heavy (non-hydrogen) atoms. The van der Waals surface area contributed by atoms with E-state index in [0.717, 1.165) is 0 Å². The molecule has 0 aromatic carbocycles. The number of esters is 1. The van der Waals surface area contributed by atoms with Gasteiger partial charge in [-0.05, 0) is 0 Å². The maximum atomic E-state index is 10.4. The predicted molar refractivity (Wildman–Crippen MR) is 29.1 cm³/mol. The Morgan fingerprint density at radius 2 is 2.20 bits per heavy atom. The van der Waals surface area contributed by atoms with E-state index in [0.29, 0.717) is 0 Å². The number of cyclic esters (lactones) is 1. The zero-order valence-corrected chi connectivity index (χ0v) is 6.30. The SMILES string of the molecule is CC1(C)OC=[C-]C(=O)O1.[Li+]. The molecule has 0 saturated carbocycles. The molecule has 0 bridgehead atoms. The second-order valence-corrected chi connectivity index (χ2v) is 2.17. The van der Waals surface area contributed by atoms with Crippen molar-refractivity contribution >= 4 is 5.97 Å². The fraction of sp³-hybridized carbons (Fsp3) is 0.500. The van der Waals surface area contributed by atoms with Crippen LogP contribution in [0.2, 0.25) is 0 Å². The molecule has 0 unspecified atom stereocenters. The molecule has 1 aliphatic heterocycles. The molecule has 1 heterocycles. The van der Waals surface area contributed by atoms with Crippen LogP contribution in [-0.2, 0) is 14.3 Å². The summed E-state index contributed by atoms with van der Waals surface area (Å²) in [5, 5.41) is 0. The molecule has 0 spiro atoms. The summed E-state index contributed by atoms with van der Waals surface area (Å²) < 4.78 is 9.53. The molecule has 0 fully saturated rings. The topological polar surface area (TPSA) is 35.5 Å². The number of ether oxygens (including phenoxy) is 2.